The minimum absolute atomic E-state index is 0.182. The zero-order chi connectivity index (χ0) is 12.6. The maximum absolute atomic E-state index is 13.6. The van der Waals surface area contributed by atoms with E-state index in [2.05, 4.69) is 4.98 Å². The van der Waals surface area contributed by atoms with Crippen molar-refractivity contribution >= 4 is 23.0 Å². The molecule has 2 rings (SSSR count). The van der Waals surface area contributed by atoms with Crippen LogP contribution in [0, 0.1) is 5.82 Å². The molecule has 1 N–H and O–H groups in total. The fourth-order valence-electron chi connectivity index (χ4n) is 1.82. The molecule has 0 spiro atoms. The number of hydrogen-bond donors (Lipinski definition) is 1. The van der Waals surface area contributed by atoms with Gasteiger partial charge in [0.05, 0.1) is 5.52 Å². The lowest BCUT2D eigenvalue weighted by Gasteiger charge is -2.15. The second-order valence-electron chi connectivity index (χ2n) is 3.83. The topological polar surface area (TPSA) is 58.4 Å². The Morgan fingerprint density at radius 2 is 2.29 bits per heavy atom. The van der Waals surface area contributed by atoms with Gasteiger partial charge < -0.3 is 14.6 Å². The Labute approximate surface area is 97.1 Å². The van der Waals surface area contributed by atoms with E-state index in [4.69, 9.17) is 5.11 Å². The number of halogens is 1. The molecule has 1 heterocycles. The number of carbonyl (C=O) groups is 1. The van der Waals surface area contributed by atoms with Gasteiger partial charge in [0.1, 0.15) is 17.9 Å². The standard InChI is InChI=1S/C11H12FN3O2/c1-14(6-9(16)17)11-13-8-5-3-4-7(12)10(8)15(11)2/h3-5H,6H2,1-2H3,(H,16,17). The number of rotatable bonds is 3. The van der Waals surface area contributed by atoms with Crippen molar-refractivity contribution in [2.75, 3.05) is 18.5 Å². The summed E-state index contributed by atoms with van der Waals surface area (Å²) in [4.78, 5) is 16.3. The van der Waals surface area contributed by atoms with Crippen LogP contribution in [0.2, 0.25) is 0 Å². The predicted octanol–water partition coefficient (Wildman–Crippen LogP) is 1.23. The molecule has 0 atom stereocenters. The molecule has 1 aromatic heterocycles. The lowest BCUT2D eigenvalue weighted by molar-refractivity contribution is -0.135. The van der Waals surface area contributed by atoms with Gasteiger partial charge in [0.15, 0.2) is 0 Å². The summed E-state index contributed by atoms with van der Waals surface area (Å²) in [6.45, 7) is -0.182. The van der Waals surface area contributed by atoms with Gasteiger partial charge in [0.2, 0.25) is 5.95 Å². The SMILES string of the molecule is CN(CC(=O)O)c1nc2cccc(F)c2n1C. The zero-order valence-electron chi connectivity index (χ0n) is 9.51. The van der Waals surface area contributed by atoms with Crippen LogP contribution in [0.5, 0.6) is 0 Å². The molecule has 1 aromatic carbocycles. The minimum Gasteiger partial charge on any atom is -0.480 e. The lowest BCUT2D eigenvalue weighted by atomic mass is 10.3. The summed E-state index contributed by atoms with van der Waals surface area (Å²) in [5.74, 6) is -0.903. The number of carboxylic acid groups (broad SMARTS) is 1. The van der Waals surface area contributed by atoms with Crippen LogP contribution in [0.25, 0.3) is 11.0 Å². The molecule has 2 aromatic rings. The van der Waals surface area contributed by atoms with Gasteiger partial charge >= 0.3 is 5.97 Å². The van der Waals surface area contributed by atoms with Crippen LogP contribution in [0.4, 0.5) is 10.3 Å². The van der Waals surface area contributed by atoms with Crippen molar-refractivity contribution in [1.82, 2.24) is 9.55 Å². The first kappa shape index (κ1) is 11.4. The van der Waals surface area contributed by atoms with Crippen molar-refractivity contribution < 1.29 is 14.3 Å². The van der Waals surface area contributed by atoms with E-state index >= 15 is 0 Å². The summed E-state index contributed by atoms with van der Waals surface area (Å²) in [6.07, 6.45) is 0. The maximum atomic E-state index is 13.6. The molecule has 0 bridgehead atoms. The molecule has 0 unspecified atom stereocenters. The largest absolute Gasteiger partial charge is 0.480 e. The zero-order valence-corrected chi connectivity index (χ0v) is 9.51. The van der Waals surface area contributed by atoms with Crippen molar-refractivity contribution in [3.05, 3.63) is 24.0 Å². The van der Waals surface area contributed by atoms with E-state index in [1.165, 1.54) is 11.0 Å². The first-order chi connectivity index (χ1) is 8.00. The predicted molar refractivity (Wildman–Crippen MR) is 61.6 cm³/mol. The number of para-hydroxylation sites is 1. The van der Waals surface area contributed by atoms with Crippen LogP contribution in [0.1, 0.15) is 0 Å². The molecule has 0 saturated heterocycles. The molecule has 5 nitrogen and oxygen atoms in total. The van der Waals surface area contributed by atoms with Crippen molar-refractivity contribution in [2.24, 2.45) is 7.05 Å². The first-order valence-electron chi connectivity index (χ1n) is 5.04. The fraction of sp³-hybridized carbons (Fsp3) is 0.273. The Kier molecular flexibility index (Phi) is 2.71. The summed E-state index contributed by atoms with van der Waals surface area (Å²) < 4.78 is 15.1. The Bertz CT molecular complexity index is 579. The molecule has 6 heteroatoms. The number of aromatic nitrogens is 2. The highest BCUT2D eigenvalue weighted by atomic mass is 19.1. The molecule has 0 aliphatic rings. The number of nitrogens with zero attached hydrogens (tertiary/aromatic N) is 3. The van der Waals surface area contributed by atoms with Crippen LogP contribution in [0.15, 0.2) is 18.2 Å². The molecule has 90 valence electrons. The van der Waals surface area contributed by atoms with E-state index in [0.717, 1.165) is 0 Å². The Morgan fingerprint density at radius 1 is 1.59 bits per heavy atom. The number of hydrogen-bond acceptors (Lipinski definition) is 3. The normalized spacial score (nSPS) is 10.8. The molecule has 0 aliphatic heterocycles. The number of likely N-dealkylation sites (N-methyl/N-ethyl adjacent to an activating group) is 1. The Balaban J connectivity index is 2.52. The maximum Gasteiger partial charge on any atom is 0.323 e. The molecule has 0 aliphatic carbocycles. The average molecular weight is 237 g/mol. The third-order valence-corrected chi connectivity index (χ3v) is 2.54. The quantitative estimate of drug-likeness (QED) is 0.872. The second-order valence-corrected chi connectivity index (χ2v) is 3.83. The number of carboxylic acids is 1. The van der Waals surface area contributed by atoms with Crippen molar-refractivity contribution in [1.29, 1.82) is 0 Å². The number of benzene rings is 1. The number of aliphatic carboxylic acids is 1. The van der Waals surface area contributed by atoms with Gasteiger partial charge in [-0.2, -0.15) is 0 Å². The third-order valence-electron chi connectivity index (χ3n) is 2.54. The smallest absolute Gasteiger partial charge is 0.323 e. The Hall–Kier alpha value is -2.11. The van der Waals surface area contributed by atoms with Crippen LogP contribution < -0.4 is 4.90 Å². The molecular formula is C11H12FN3O2. The van der Waals surface area contributed by atoms with Gasteiger partial charge in [0.25, 0.3) is 0 Å². The van der Waals surface area contributed by atoms with E-state index in [-0.39, 0.29) is 12.4 Å². The summed E-state index contributed by atoms with van der Waals surface area (Å²) in [5.41, 5.74) is 0.888. The molecule has 0 radical (unpaired) electrons. The molecular weight excluding hydrogens is 225 g/mol. The van der Waals surface area contributed by atoms with Crippen molar-refractivity contribution in [3.63, 3.8) is 0 Å². The van der Waals surface area contributed by atoms with Crippen LogP contribution in [-0.2, 0) is 11.8 Å². The van der Waals surface area contributed by atoms with E-state index in [9.17, 15) is 9.18 Å². The van der Waals surface area contributed by atoms with Crippen LogP contribution in [-0.4, -0.2) is 34.2 Å². The van der Waals surface area contributed by atoms with Gasteiger partial charge in [-0.15, -0.1) is 0 Å². The Morgan fingerprint density at radius 3 is 2.88 bits per heavy atom. The van der Waals surface area contributed by atoms with Gasteiger partial charge in [-0.25, -0.2) is 9.37 Å². The number of imidazole rings is 1. The van der Waals surface area contributed by atoms with Gasteiger partial charge in [0, 0.05) is 14.1 Å². The average Bonchev–Trinajstić information content (AvgIpc) is 2.56. The van der Waals surface area contributed by atoms with E-state index in [1.54, 1.807) is 30.8 Å². The van der Waals surface area contributed by atoms with Gasteiger partial charge in [-0.1, -0.05) is 6.07 Å². The molecule has 17 heavy (non-hydrogen) atoms. The van der Waals surface area contributed by atoms with Crippen molar-refractivity contribution in [2.45, 2.75) is 0 Å². The molecule has 0 fully saturated rings. The van der Waals surface area contributed by atoms with E-state index < -0.39 is 5.97 Å². The van der Waals surface area contributed by atoms with Gasteiger partial charge in [-0.3, -0.25) is 4.79 Å². The molecule has 0 amide bonds. The van der Waals surface area contributed by atoms with Crippen LogP contribution in [0.3, 0.4) is 0 Å². The van der Waals surface area contributed by atoms with Gasteiger partial charge in [-0.05, 0) is 12.1 Å². The first-order valence-corrected chi connectivity index (χ1v) is 5.04. The summed E-state index contributed by atoms with van der Waals surface area (Å²) in [7, 11) is 3.26. The number of anilines is 1. The monoisotopic (exact) mass is 237 g/mol. The highest BCUT2D eigenvalue weighted by Gasteiger charge is 2.15. The summed E-state index contributed by atoms with van der Waals surface area (Å²) in [6, 6.07) is 4.62. The third kappa shape index (κ3) is 1.93. The highest BCUT2D eigenvalue weighted by molar-refractivity contribution is 5.80. The number of fused-ring (bicyclic) bond motifs is 1. The fourth-order valence-corrected chi connectivity index (χ4v) is 1.82. The minimum atomic E-state index is -0.958. The van der Waals surface area contributed by atoms with Crippen LogP contribution >= 0.6 is 0 Å². The second kappa shape index (κ2) is 4.04. The summed E-state index contributed by atoms with van der Waals surface area (Å²) in [5, 5.41) is 8.71. The van der Waals surface area contributed by atoms with Crippen molar-refractivity contribution in [3.8, 4) is 0 Å². The highest BCUT2D eigenvalue weighted by Crippen LogP contribution is 2.22. The molecule has 0 saturated carbocycles. The lowest BCUT2D eigenvalue weighted by Crippen LogP contribution is -2.27. The number of aryl methyl sites for hydroxylation is 1. The van der Waals surface area contributed by atoms with E-state index in [0.29, 0.717) is 17.0 Å². The van der Waals surface area contributed by atoms with E-state index in [1.807, 2.05) is 0 Å². The summed E-state index contributed by atoms with van der Waals surface area (Å²) >= 11 is 0.